The normalized spacial score (nSPS) is 10.9. The predicted molar refractivity (Wildman–Crippen MR) is 48.4 cm³/mol. The first-order valence-corrected chi connectivity index (χ1v) is 4.47. The summed E-state index contributed by atoms with van der Waals surface area (Å²) in [7, 11) is 0. The molecule has 0 fully saturated rings. The Hall–Kier alpha value is -1.10. The van der Waals surface area contributed by atoms with Gasteiger partial charge in [0, 0.05) is 0 Å². The fourth-order valence-corrected chi connectivity index (χ4v) is 0.681. The van der Waals surface area contributed by atoms with Gasteiger partial charge in [0.05, 0.1) is 12.8 Å². The molecule has 1 N–H and O–H groups in total. The third-order valence-electron chi connectivity index (χ3n) is 1.88. The first-order valence-electron chi connectivity index (χ1n) is 4.47. The quantitative estimate of drug-likeness (QED) is 0.417. The second-order valence-electron chi connectivity index (χ2n) is 3.55. The molecule has 0 aliphatic carbocycles. The zero-order chi connectivity index (χ0) is 11.2. The lowest BCUT2D eigenvalue weighted by Gasteiger charge is -2.22. The van der Waals surface area contributed by atoms with E-state index in [4.69, 9.17) is 9.99 Å². The number of ether oxygens (including phenoxy) is 1. The Labute approximate surface area is 82.9 Å². The van der Waals surface area contributed by atoms with Gasteiger partial charge in [-0.05, 0) is 20.3 Å². The predicted octanol–water partition coefficient (Wildman–Crippen LogP) is 1.51. The molecular formula is C9H16O5. The van der Waals surface area contributed by atoms with E-state index < -0.39 is 17.5 Å². The molecule has 0 unspecified atom stereocenters. The van der Waals surface area contributed by atoms with Gasteiger partial charge in [0.2, 0.25) is 0 Å². The first-order chi connectivity index (χ1) is 6.41. The van der Waals surface area contributed by atoms with Crippen LogP contribution in [0.5, 0.6) is 0 Å². The Bertz CT molecular complexity index is 209. The molecule has 0 aliphatic heterocycles. The van der Waals surface area contributed by atoms with E-state index in [-0.39, 0.29) is 12.8 Å². The van der Waals surface area contributed by atoms with Gasteiger partial charge in [-0.1, -0.05) is 6.92 Å². The van der Waals surface area contributed by atoms with E-state index >= 15 is 0 Å². The van der Waals surface area contributed by atoms with E-state index in [1.54, 1.807) is 13.8 Å². The van der Waals surface area contributed by atoms with Crippen molar-refractivity contribution in [1.82, 2.24) is 0 Å². The van der Waals surface area contributed by atoms with Gasteiger partial charge in [-0.2, -0.15) is 5.26 Å². The lowest BCUT2D eigenvalue weighted by molar-refractivity contribution is -0.234. The van der Waals surface area contributed by atoms with Crippen LogP contribution in [0.4, 0.5) is 0 Å². The highest BCUT2D eigenvalue weighted by Gasteiger charge is 2.20. The summed E-state index contributed by atoms with van der Waals surface area (Å²) in [5.74, 6) is -1.31. The second kappa shape index (κ2) is 5.59. The largest absolute Gasteiger partial charge is 0.460 e. The molecule has 5 heteroatoms. The van der Waals surface area contributed by atoms with Gasteiger partial charge in [-0.25, -0.2) is 4.79 Å². The fraction of sp³-hybridized carbons (Fsp3) is 0.778. The summed E-state index contributed by atoms with van der Waals surface area (Å²) >= 11 is 0. The average Bonchev–Trinajstić information content (AvgIpc) is 2.13. The molecule has 0 heterocycles. The molecule has 0 saturated carbocycles. The van der Waals surface area contributed by atoms with Crippen molar-refractivity contribution in [1.29, 1.82) is 0 Å². The van der Waals surface area contributed by atoms with Crippen LogP contribution in [-0.2, 0) is 19.2 Å². The average molecular weight is 204 g/mol. The van der Waals surface area contributed by atoms with Gasteiger partial charge in [-0.15, -0.1) is 0 Å². The molecule has 0 bridgehead atoms. The summed E-state index contributed by atoms with van der Waals surface area (Å²) in [5, 5.41) is 7.92. The molecule has 0 atom stereocenters. The van der Waals surface area contributed by atoms with Crippen LogP contribution in [0.3, 0.4) is 0 Å². The van der Waals surface area contributed by atoms with Crippen LogP contribution in [0.1, 0.15) is 40.0 Å². The van der Waals surface area contributed by atoms with Crippen LogP contribution in [0.2, 0.25) is 0 Å². The van der Waals surface area contributed by atoms with Crippen molar-refractivity contribution in [2.45, 2.75) is 45.6 Å². The van der Waals surface area contributed by atoms with Crippen molar-refractivity contribution in [3.8, 4) is 0 Å². The highest BCUT2D eigenvalue weighted by atomic mass is 17.1. The first kappa shape index (κ1) is 12.9. The Morgan fingerprint density at radius 3 is 2.14 bits per heavy atom. The van der Waals surface area contributed by atoms with E-state index in [0.29, 0.717) is 6.42 Å². The summed E-state index contributed by atoms with van der Waals surface area (Å²) in [4.78, 5) is 25.0. The molecule has 0 spiro atoms. The van der Waals surface area contributed by atoms with E-state index in [0.717, 1.165) is 0 Å². The van der Waals surface area contributed by atoms with Gasteiger partial charge in [-0.3, -0.25) is 4.79 Å². The smallest absolute Gasteiger partial charge is 0.342 e. The van der Waals surface area contributed by atoms with Crippen molar-refractivity contribution < 1.29 is 24.5 Å². The molecule has 0 aromatic rings. The Morgan fingerprint density at radius 2 is 1.71 bits per heavy atom. The molecule has 0 saturated heterocycles. The molecule has 0 aromatic carbocycles. The second-order valence-corrected chi connectivity index (χ2v) is 3.55. The molecule has 0 rings (SSSR count). The maximum Gasteiger partial charge on any atom is 0.342 e. The molecule has 0 aliphatic rings. The minimum atomic E-state index is -0.837. The van der Waals surface area contributed by atoms with Crippen molar-refractivity contribution in [2.24, 2.45) is 0 Å². The summed E-state index contributed by atoms with van der Waals surface area (Å²) < 4.78 is 5.05. The topological polar surface area (TPSA) is 72.8 Å². The number of carbonyl (C=O) groups excluding carboxylic acids is 2. The van der Waals surface area contributed by atoms with Crippen molar-refractivity contribution in [3.63, 3.8) is 0 Å². The molecular weight excluding hydrogens is 188 g/mol. The summed E-state index contributed by atoms with van der Waals surface area (Å²) in [6.07, 6.45) is 0.446. The zero-order valence-electron chi connectivity index (χ0n) is 8.70. The minimum Gasteiger partial charge on any atom is -0.460 e. The molecule has 14 heavy (non-hydrogen) atoms. The molecule has 0 aromatic heterocycles. The van der Waals surface area contributed by atoms with Gasteiger partial charge in [0.1, 0.15) is 5.60 Å². The monoisotopic (exact) mass is 204 g/mol. The number of rotatable bonds is 5. The number of carbonyl (C=O) groups is 2. The molecule has 0 radical (unpaired) electrons. The van der Waals surface area contributed by atoms with E-state index in [1.807, 2.05) is 6.92 Å². The highest BCUT2D eigenvalue weighted by molar-refractivity contribution is 5.77. The van der Waals surface area contributed by atoms with Crippen LogP contribution in [0, 0.1) is 0 Å². The Morgan fingerprint density at radius 1 is 1.21 bits per heavy atom. The molecule has 0 amide bonds. The number of esters is 1. The van der Waals surface area contributed by atoms with Crippen molar-refractivity contribution >= 4 is 11.9 Å². The Balaban J connectivity index is 3.82. The van der Waals surface area contributed by atoms with E-state index in [2.05, 4.69) is 4.89 Å². The van der Waals surface area contributed by atoms with Gasteiger partial charge in [0.25, 0.3) is 0 Å². The standard InChI is InChI=1S/C9H16O5/c1-4-9(2,3)13-7(10)5-6-8(11)14-12/h12H,4-6H2,1-3H3. The van der Waals surface area contributed by atoms with Crippen LogP contribution in [-0.4, -0.2) is 22.8 Å². The maximum absolute atomic E-state index is 11.1. The Kier molecular flexibility index (Phi) is 5.15. The van der Waals surface area contributed by atoms with Crippen LogP contribution in [0.15, 0.2) is 0 Å². The zero-order valence-corrected chi connectivity index (χ0v) is 8.70. The number of hydrogen-bond acceptors (Lipinski definition) is 5. The summed E-state index contributed by atoms with van der Waals surface area (Å²) in [6.45, 7) is 5.47. The number of hydrogen-bond donors (Lipinski definition) is 1. The van der Waals surface area contributed by atoms with Crippen LogP contribution < -0.4 is 0 Å². The maximum atomic E-state index is 11.1. The van der Waals surface area contributed by atoms with Gasteiger partial charge in [0.15, 0.2) is 0 Å². The lowest BCUT2D eigenvalue weighted by Crippen LogP contribution is -2.27. The summed E-state index contributed by atoms with van der Waals surface area (Å²) in [6, 6.07) is 0. The van der Waals surface area contributed by atoms with Gasteiger partial charge >= 0.3 is 11.9 Å². The molecule has 82 valence electrons. The van der Waals surface area contributed by atoms with E-state index in [1.165, 1.54) is 0 Å². The minimum absolute atomic E-state index is 0.0805. The van der Waals surface area contributed by atoms with Crippen LogP contribution >= 0.6 is 0 Å². The third kappa shape index (κ3) is 5.53. The SMILES string of the molecule is CCC(C)(C)OC(=O)CCC(=O)OO. The van der Waals surface area contributed by atoms with Gasteiger partial charge < -0.3 is 9.62 Å². The lowest BCUT2D eigenvalue weighted by atomic mass is 10.1. The summed E-state index contributed by atoms with van der Waals surface area (Å²) in [5.41, 5.74) is -0.514. The van der Waals surface area contributed by atoms with Crippen molar-refractivity contribution in [2.75, 3.05) is 0 Å². The molecule has 5 nitrogen and oxygen atoms in total. The fourth-order valence-electron chi connectivity index (χ4n) is 0.681. The van der Waals surface area contributed by atoms with E-state index in [9.17, 15) is 9.59 Å². The van der Waals surface area contributed by atoms with Crippen LogP contribution in [0.25, 0.3) is 0 Å². The highest BCUT2D eigenvalue weighted by Crippen LogP contribution is 2.14. The third-order valence-corrected chi connectivity index (χ3v) is 1.88. The van der Waals surface area contributed by atoms with Crippen molar-refractivity contribution in [3.05, 3.63) is 0 Å².